The van der Waals surface area contributed by atoms with E-state index in [-0.39, 0.29) is 5.82 Å². The molecule has 0 radical (unpaired) electrons. The van der Waals surface area contributed by atoms with E-state index in [0.29, 0.717) is 10.9 Å². The molecule has 1 aromatic carbocycles. The van der Waals surface area contributed by atoms with Gasteiger partial charge in [0.15, 0.2) is 0 Å². The fraction of sp³-hybridized carbons (Fsp3) is 0. The first-order valence-corrected chi connectivity index (χ1v) is 4.26. The standard InChI is InChI=1S/C7H4BrN3O2/c8-4-1-2-5-6(3-4)9-10-7(5)11(12)13/h1-3H,(H,9,10). The van der Waals surface area contributed by atoms with Crippen molar-refractivity contribution in [3.63, 3.8) is 0 Å². The van der Waals surface area contributed by atoms with Crippen molar-refractivity contribution in [2.24, 2.45) is 0 Å². The third-order valence-electron chi connectivity index (χ3n) is 1.68. The summed E-state index contributed by atoms with van der Waals surface area (Å²) in [4.78, 5) is 10.0. The SMILES string of the molecule is O=[N+]([O-])c1[nH]nc2cc(Br)ccc12. The molecule has 5 nitrogen and oxygen atoms in total. The van der Waals surface area contributed by atoms with E-state index in [9.17, 15) is 10.1 Å². The lowest BCUT2D eigenvalue weighted by Gasteiger charge is -1.90. The number of hydrogen-bond acceptors (Lipinski definition) is 3. The highest BCUT2D eigenvalue weighted by Gasteiger charge is 2.13. The first kappa shape index (κ1) is 8.18. The van der Waals surface area contributed by atoms with E-state index in [1.54, 1.807) is 18.2 Å². The number of aromatic nitrogens is 2. The Hall–Kier alpha value is -1.43. The van der Waals surface area contributed by atoms with Crippen molar-refractivity contribution in [1.29, 1.82) is 0 Å². The van der Waals surface area contributed by atoms with E-state index in [4.69, 9.17) is 0 Å². The molecule has 0 spiro atoms. The topological polar surface area (TPSA) is 71.8 Å². The van der Waals surface area contributed by atoms with Crippen LogP contribution in [0, 0.1) is 10.1 Å². The highest BCUT2D eigenvalue weighted by molar-refractivity contribution is 9.10. The summed E-state index contributed by atoms with van der Waals surface area (Å²) in [5.74, 6) is -0.0671. The van der Waals surface area contributed by atoms with Gasteiger partial charge in [-0.05, 0) is 23.1 Å². The largest absolute Gasteiger partial charge is 0.358 e. The van der Waals surface area contributed by atoms with Crippen molar-refractivity contribution in [2.45, 2.75) is 0 Å². The van der Waals surface area contributed by atoms with Crippen LogP contribution < -0.4 is 0 Å². The highest BCUT2D eigenvalue weighted by Crippen LogP contribution is 2.24. The van der Waals surface area contributed by atoms with Gasteiger partial charge in [0.1, 0.15) is 5.52 Å². The second-order valence-corrected chi connectivity index (χ2v) is 3.41. The van der Waals surface area contributed by atoms with Crippen LogP contribution in [0.1, 0.15) is 0 Å². The number of benzene rings is 1. The zero-order chi connectivity index (χ0) is 9.42. The Labute approximate surface area is 81.0 Å². The molecule has 0 amide bonds. The van der Waals surface area contributed by atoms with Crippen molar-refractivity contribution in [3.8, 4) is 0 Å². The summed E-state index contributed by atoms with van der Waals surface area (Å²) in [5, 5.41) is 17.2. The molecule has 0 aliphatic carbocycles. The second kappa shape index (κ2) is 2.81. The molecule has 13 heavy (non-hydrogen) atoms. The number of fused-ring (bicyclic) bond motifs is 1. The van der Waals surface area contributed by atoms with Gasteiger partial charge in [-0.15, -0.1) is 5.10 Å². The number of aromatic amines is 1. The number of H-pyrrole nitrogens is 1. The Bertz CT molecular complexity index is 480. The number of hydrogen-bond donors (Lipinski definition) is 1. The summed E-state index contributed by atoms with van der Waals surface area (Å²) >= 11 is 3.25. The number of rotatable bonds is 1. The molecular weight excluding hydrogens is 238 g/mol. The van der Waals surface area contributed by atoms with Crippen LogP contribution in [0.2, 0.25) is 0 Å². The molecule has 0 fully saturated rings. The predicted molar refractivity (Wildman–Crippen MR) is 50.4 cm³/mol. The molecule has 0 aliphatic rings. The van der Waals surface area contributed by atoms with Crippen molar-refractivity contribution >= 4 is 32.7 Å². The van der Waals surface area contributed by atoms with Gasteiger partial charge in [-0.2, -0.15) is 0 Å². The minimum absolute atomic E-state index is 0.0671. The zero-order valence-electron chi connectivity index (χ0n) is 6.32. The number of halogens is 1. The highest BCUT2D eigenvalue weighted by atomic mass is 79.9. The minimum Gasteiger partial charge on any atom is -0.358 e. The van der Waals surface area contributed by atoms with Crippen LogP contribution in [-0.4, -0.2) is 15.1 Å². The Morgan fingerprint density at radius 3 is 3.00 bits per heavy atom. The van der Waals surface area contributed by atoms with Crippen molar-refractivity contribution in [1.82, 2.24) is 10.2 Å². The van der Waals surface area contributed by atoms with Gasteiger partial charge in [0, 0.05) is 4.47 Å². The minimum atomic E-state index is -0.483. The Morgan fingerprint density at radius 2 is 2.31 bits per heavy atom. The molecule has 0 bridgehead atoms. The Morgan fingerprint density at radius 1 is 1.54 bits per heavy atom. The van der Waals surface area contributed by atoms with Crippen LogP contribution in [0.4, 0.5) is 5.82 Å². The van der Waals surface area contributed by atoms with Gasteiger partial charge in [0.05, 0.1) is 5.39 Å². The molecule has 0 aliphatic heterocycles. The normalized spacial score (nSPS) is 10.5. The average molecular weight is 242 g/mol. The van der Waals surface area contributed by atoms with Crippen molar-refractivity contribution < 1.29 is 4.92 Å². The van der Waals surface area contributed by atoms with Crippen LogP contribution in [0.25, 0.3) is 10.9 Å². The van der Waals surface area contributed by atoms with Gasteiger partial charge in [-0.25, -0.2) is 0 Å². The third-order valence-corrected chi connectivity index (χ3v) is 2.17. The van der Waals surface area contributed by atoms with Crippen LogP contribution in [-0.2, 0) is 0 Å². The molecular formula is C7H4BrN3O2. The van der Waals surface area contributed by atoms with Gasteiger partial charge >= 0.3 is 5.82 Å². The molecule has 1 N–H and O–H groups in total. The summed E-state index contributed by atoms with van der Waals surface area (Å²) in [7, 11) is 0. The quantitative estimate of drug-likeness (QED) is 0.615. The fourth-order valence-electron chi connectivity index (χ4n) is 1.11. The van der Waals surface area contributed by atoms with E-state index in [2.05, 4.69) is 26.1 Å². The van der Waals surface area contributed by atoms with Crippen LogP contribution >= 0.6 is 15.9 Å². The lowest BCUT2D eigenvalue weighted by atomic mass is 10.2. The lowest BCUT2D eigenvalue weighted by Crippen LogP contribution is -1.87. The Balaban J connectivity index is 2.76. The maximum Gasteiger partial charge on any atom is 0.350 e. The zero-order valence-corrected chi connectivity index (χ0v) is 7.91. The van der Waals surface area contributed by atoms with Gasteiger partial charge in [0.2, 0.25) is 0 Å². The fourth-order valence-corrected chi connectivity index (χ4v) is 1.46. The molecule has 0 unspecified atom stereocenters. The first-order chi connectivity index (χ1) is 6.18. The summed E-state index contributed by atoms with van der Waals surface area (Å²) in [6.45, 7) is 0. The van der Waals surface area contributed by atoms with Gasteiger partial charge < -0.3 is 10.1 Å². The summed E-state index contributed by atoms with van der Waals surface area (Å²) in [5.41, 5.74) is 0.584. The number of nitrogens with one attached hydrogen (secondary N) is 1. The van der Waals surface area contributed by atoms with E-state index >= 15 is 0 Å². The molecule has 1 heterocycles. The van der Waals surface area contributed by atoms with Gasteiger partial charge in [-0.3, -0.25) is 0 Å². The summed E-state index contributed by atoms with van der Waals surface area (Å²) in [6, 6.07) is 5.12. The van der Waals surface area contributed by atoms with Crippen molar-refractivity contribution in [3.05, 3.63) is 32.8 Å². The maximum absolute atomic E-state index is 10.5. The maximum atomic E-state index is 10.5. The Kier molecular flexibility index (Phi) is 1.77. The molecule has 0 saturated heterocycles. The summed E-state index contributed by atoms with van der Waals surface area (Å²) in [6.07, 6.45) is 0. The van der Waals surface area contributed by atoms with E-state index in [1.807, 2.05) is 0 Å². The smallest absolute Gasteiger partial charge is 0.350 e. The predicted octanol–water partition coefficient (Wildman–Crippen LogP) is 2.23. The van der Waals surface area contributed by atoms with E-state index in [0.717, 1.165) is 4.47 Å². The third kappa shape index (κ3) is 1.29. The molecule has 1 aromatic heterocycles. The van der Waals surface area contributed by atoms with Gasteiger partial charge in [0.25, 0.3) is 0 Å². The molecule has 2 rings (SSSR count). The average Bonchev–Trinajstić information content (AvgIpc) is 2.46. The molecule has 2 aromatic rings. The second-order valence-electron chi connectivity index (χ2n) is 2.49. The molecule has 66 valence electrons. The molecule has 6 heteroatoms. The monoisotopic (exact) mass is 241 g/mol. The number of nitrogens with zero attached hydrogens (tertiary/aromatic N) is 2. The number of nitro groups is 1. The van der Waals surface area contributed by atoms with Crippen LogP contribution in [0.5, 0.6) is 0 Å². The van der Waals surface area contributed by atoms with Crippen molar-refractivity contribution in [2.75, 3.05) is 0 Å². The first-order valence-electron chi connectivity index (χ1n) is 3.46. The summed E-state index contributed by atoms with van der Waals surface area (Å²) < 4.78 is 0.849. The van der Waals surface area contributed by atoms with E-state index < -0.39 is 4.92 Å². The van der Waals surface area contributed by atoms with Gasteiger partial charge in [-0.1, -0.05) is 21.0 Å². The molecule has 0 atom stereocenters. The van der Waals surface area contributed by atoms with Crippen LogP contribution in [0.15, 0.2) is 22.7 Å². The van der Waals surface area contributed by atoms with E-state index in [1.165, 1.54) is 0 Å². The lowest BCUT2D eigenvalue weighted by molar-refractivity contribution is -0.387. The van der Waals surface area contributed by atoms with Crippen LogP contribution in [0.3, 0.4) is 0 Å². The molecule has 0 saturated carbocycles.